The molecule has 0 saturated heterocycles. The van der Waals surface area contributed by atoms with Crippen LogP contribution in [0.25, 0.3) is 0 Å². The molecule has 1 aromatic rings. The minimum Gasteiger partial charge on any atom is -0.395 e. The number of hydrogen-bond donors (Lipinski definition) is 1. The Morgan fingerprint density at radius 1 is 1.38 bits per heavy atom. The van der Waals surface area contributed by atoms with E-state index in [2.05, 4.69) is 16.9 Å². The number of hydrogen-bond acceptors (Lipinski definition) is 4. The van der Waals surface area contributed by atoms with E-state index >= 15 is 0 Å². The Morgan fingerprint density at radius 3 is 2.62 bits per heavy atom. The molecule has 1 heterocycles. The van der Waals surface area contributed by atoms with E-state index in [1.165, 1.54) is 0 Å². The largest absolute Gasteiger partial charge is 0.395 e. The van der Waals surface area contributed by atoms with Gasteiger partial charge in [0.05, 0.1) is 6.61 Å². The summed E-state index contributed by atoms with van der Waals surface area (Å²) in [6, 6.07) is 0. The number of aromatic nitrogens is 2. The maximum absolute atomic E-state index is 8.91. The SMILES string of the molecule is CCCc1nc(Cl)c(C)c(N(C)CCO)n1. The number of aliphatic hydroxyl groups is 1. The molecule has 0 aromatic carbocycles. The highest BCUT2D eigenvalue weighted by Gasteiger charge is 2.12. The van der Waals surface area contributed by atoms with E-state index in [-0.39, 0.29) is 6.61 Å². The van der Waals surface area contributed by atoms with Crippen molar-refractivity contribution in [3.63, 3.8) is 0 Å². The fraction of sp³-hybridized carbons (Fsp3) is 0.636. The van der Waals surface area contributed by atoms with Crippen molar-refractivity contribution < 1.29 is 5.11 Å². The lowest BCUT2D eigenvalue weighted by Gasteiger charge is -2.20. The van der Waals surface area contributed by atoms with E-state index in [4.69, 9.17) is 16.7 Å². The summed E-state index contributed by atoms with van der Waals surface area (Å²) in [5.41, 5.74) is 0.859. The molecule has 4 nitrogen and oxygen atoms in total. The average Bonchev–Trinajstić information content (AvgIpc) is 2.23. The predicted molar refractivity (Wildman–Crippen MR) is 66.1 cm³/mol. The van der Waals surface area contributed by atoms with Gasteiger partial charge in [-0.2, -0.15) is 0 Å². The fourth-order valence-corrected chi connectivity index (χ4v) is 1.67. The molecule has 0 amide bonds. The van der Waals surface area contributed by atoms with Crippen LogP contribution in [0.15, 0.2) is 0 Å². The summed E-state index contributed by atoms with van der Waals surface area (Å²) in [5, 5.41) is 9.41. The highest BCUT2D eigenvalue weighted by molar-refractivity contribution is 6.30. The maximum Gasteiger partial charge on any atom is 0.137 e. The summed E-state index contributed by atoms with van der Waals surface area (Å²) in [4.78, 5) is 10.6. The number of likely N-dealkylation sites (N-methyl/N-ethyl adjacent to an activating group) is 1. The third-order valence-corrected chi connectivity index (χ3v) is 2.75. The Kier molecular flexibility index (Phi) is 4.96. The monoisotopic (exact) mass is 243 g/mol. The molecule has 1 N–H and O–H groups in total. The zero-order valence-electron chi connectivity index (χ0n) is 10.00. The van der Waals surface area contributed by atoms with Crippen molar-refractivity contribution in [2.45, 2.75) is 26.7 Å². The molecular formula is C11H18ClN3O. The number of aryl methyl sites for hydroxylation is 1. The van der Waals surface area contributed by atoms with Crippen LogP contribution in [0.1, 0.15) is 24.7 Å². The van der Waals surface area contributed by atoms with Crippen LogP contribution >= 0.6 is 11.6 Å². The first-order valence-corrected chi connectivity index (χ1v) is 5.83. The zero-order valence-corrected chi connectivity index (χ0v) is 10.8. The van der Waals surface area contributed by atoms with Gasteiger partial charge in [-0.05, 0) is 13.3 Å². The van der Waals surface area contributed by atoms with Gasteiger partial charge in [-0.25, -0.2) is 9.97 Å². The van der Waals surface area contributed by atoms with E-state index in [1.54, 1.807) is 0 Å². The third-order valence-electron chi connectivity index (χ3n) is 2.38. The fourth-order valence-electron chi connectivity index (χ4n) is 1.48. The smallest absolute Gasteiger partial charge is 0.137 e. The van der Waals surface area contributed by atoms with E-state index < -0.39 is 0 Å². The lowest BCUT2D eigenvalue weighted by Crippen LogP contribution is -2.24. The Hall–Kier alpha value is -0.870. The van der Waals surface area contributed by atoms with Crippen LogP contribution in [-0.4, -0.2) is 35.3 Å². The van der Waals surface area contributed by atoms with Gasteiger partial charge in [-0.15, -0.1) is 0 Å². The molecular weight excluding hydrogens is 226 g/mol. The highest BCUT2D eigenvalue weighted by Crippen LogP contribution is 2.22. The molecule has 0 radical (unpaired) electrons. The van der Waals surface area contributed by atoms with Crippen LogP contribution in [0.3, 0.4) is 0 Å². The molecule has 1 rings (SSSR count). The van der Waals surface area contributed by atoms with Crippen molar-refractivity contribution in [2.75, 3.05) is 25.1 Å². The summed E-state index contributed by atoms with van der Waals surface area (Å²) in [6.45, 7) is 4.61. The Balaban J connectivity index is 3.05. The summed E-state index contributed by atoms with van der Waals surface area (Å²) >= 11 is 6.06. The molecule has 0 bridgehead atoms. The van der Waals surface area contributed by atoms with Gasteiger partial charge in [0.15, 0.2) is 0 Å². The molecule has 1 aromatic heterocycles. The van der Waals surface area contributed by atoms with E-state index in [0.717, 1.165) is 30.0 Å². The van der Waals surface area contributed by atoms with Crippen LogP contribution in [0.2, 0.25) is 5.15 Å². The quantitative estimate of drug-likeness (QED) is 0.802. The molecule has 0 aliphatic carbocycles. The van der Waals surface area contributed by atoms with Crippen molar-refractivity contribution in [3.05, 3.63) is 16.5 Å². The van der Waals surface area contributed by atoms with Gasteiger partial charge in [0, 0.05) is 25.6 Å². The Morgan fingerprint density at radius 2 is 2.06 bits per heavy atom. The molecule has 0 unspecified atom stereocenters. The number of rotatable bonds is 5. The minimum absolute atomic E-state index is 0.0979. The van der Waals surface area contributed by atoms with Gasteiger partial charge in [-0.3, -0.25) is 0 Å². The second-order valence-electron chi connectivity index (χ2n) is 3.77. The summed E-state index contributed by atoms with van der Waals surface area (Å²) in [6.07, 6.45) is 1.81. The summed E-state index contributed by atoms with van der Waals surface area (Å²) in [5.74, 6) is 1.57. The Bertz CT molecular complexity index is 357. The zero-order chi connectivity index (χ0) is 12.1. The first-order valence-electron chi connectivity index (χ1n) is 5.45. The van der Waals surface area contributed by atoms with Gasteiger partial charge in [0.2, 0.25) is 0 Å². The number of aliphatic hydroxyl groups excluding tert-OH is 1. The third kappa shape index (κ3) is 3.06. The first kappa shape index (κ1) is 13.2. The standard InChI is InChI=1S/C11H18ClN3O/c1-4-5-9-13-10(12)8(2)11(14-9)15(3)6-7-16/h16H,4-7H2,1-3H3. The number of nitrogens with zero attached hydrogens (tertiary/aromatic N) is 3. The normalized spacial score (nSPS) is 10.6. The van der Waals surface area contributed by atoms with Gasteiger partial charge in [0.25, 0.3) is 0 Å². The van der Waals surface area contributed by atoms with Crippen molar-refractivity contribution in [1.82, 2.24) is 9.97 Å². The lowest BCUT2D eigenvalue weighted by atomic mass is 10.3. The first-order chi connectivity index (χ1) is 7.60. The second-order valence-corrected chi connectivity index (χ2v) is 4.13. The van der Waals surface area contributed by atoms with Crippen LogP contribution in [0, 0.1) is 6.92 Å². The van der Waals surface area contributed by atoms with E-state index in [0.29, 0.717) is 11.7 Å². The molecule has 0 atom stereocenters. The van der Waals surface area contributed by atoms with Crippen LogP contribution in [-0.2, 0) is 6.42 Å². The van der Waals surface area contributed by atoms with Gasteiger partial charge in [-0.1, -0.05) is 18.5 Å². The van der Waals surface area contributed by atoms with Crippen molar-refractivity contribution in [1.29, 1.82) is 0 Å². The van der Waals surface area contributed by atoms with Crippen molar-refractivity contribution >= 4 is 17.4 Å². The van der Waals surface area contributed by atoms with Crippen molar-refractivity contribution in [2.24, 2.45) is 0 Å². The lowest BCUT2D eigenvalue weighted by molar-refractivity contribution is 0.303. The topological polar surface area (TPSA) is 49.2 Å². The maximum atomic E-state index is 8.91. The van der Waals surface area contributed by atoms with Crippen LogP contribution in [0.4, 0.5) is 5.82 Å². The summed E-state index contributed by atoms with van der Waals surface area (Å²) < 4.78 is 0. The number of halogens is 1. The predicted octanol–water partition coefficient (Wildman–Crippen LogP) is 1.82. The molecule has 90 valence electrons. The molecule has 0 saturated carbocycles. The molecule has 0 fully saturated rings. The molecule has 0 aliphatic heterocycles. The highest BCUT2D eigenvalue weighted by atomic mass is 35.5. The average molecular weight is 244 g/mol. The van der Waals surface area contributed by atoms with Gasteiger partial charge < -0.3 is 10.0 Å². The summed E-state index contributed by atoms with van der Waals surface area (Å²) in [7, 11) is 1.89. The minimum atomic E-state index is 0.0979. The van der Waals surface area contributed by atoms with Crippen LogP contribution in [0.5, 0.6) is 0 Å². The van der Waals surface area contributed by atoms with Gasteiger partial charge >= 0.3 is 0 Å². The van der Waals surface area contributed by atoms with Crippen molar-refractivity contribution in [3.8, 4) is 0 Å². The van der Waals surface area contributed by atoms with E-state index in [9.17, 15) is 0 Å². The van der Waals surface area contributed by atoms with Crippen LogP contribution < -0.4 is 4.90 Å². The molecule has 0 spiro atoms. The van der Waals surface area contributed by atoms with E-state index in [1.807, 2.05) is 18.9 Å². The molecule has 16 heavy (non-hydrogen) atoms. The molecule has 0 aliphatic rings. The van der Waals surface area contributed by atoms with Gasteiger partial charge in [0.1, 0.15) is 16.8 Å². The Labute approximate surface area is 101 Å². The second kappa shape index (κ2) is 6.01. The molecule has 5 heteroatoms. The number of anilines is 1.